The summed E-state index contributed by atoms with van der Waals surface area (Å²) in [6.07, 6.45) is 1.07. The van der Waals surface area contributed by atoms with Crippen molar-refractivity contribution in [1.82, 2.24) is 4.31 Å². The molecule has 1 aliphatic heterocycles. The monoisotopic (exact) mass is 297 g/mol. The Morgan fingerprint density at radius 3 is 2.35 bits per heavy atom. The molecule has 0 spiro atoms. The smallest absolute Gasteiger partial charge is 0.243 e. The minimum atomic E-state index is -3.45. The zero-order chi connectivity index (χ0) is 14.9. The van der Waals surface area contributed by atoms with E-state index in [4.69, 9.17) is 5.11 Å². The zero-order valence-corrected chi connectivity index (χ0v) is 13.1. The molecule has 0 aliphatic carbocycles. The quantitative estimate of drug-likeness (QED) is 0.931. The minimum absolute atomic E-state index is 0.0220. The van der Waals surface area contributed by atoms with Gasteiger partial charge in [0.15, 0.2) is 0 Å². The highest BCUT2D eigenvalue weighted by Crippen LogP contribution is 2.31. The third kappa shape index (κ3) is 2.90. The normalized spacial score (nSPS) is 28.5. The summed E-state index contributed by atoms with van der Waals surface area (Å²) in [6, 6.07) is 6.51. The van der Waals surface area contributed by atoms with Gasteiger partial charge in [-0.3, -0.25) is 0 Å². The highest BCUT2D eigenvalue weighted by atomic mass is 32.2. The van der Waals surface area contributed by atoms with Crippen LogP contribution in [0.15, 0.2) is 29.2 Å². The SMILES string of the molecule is CC1CC(C)C(C)N(S(=O)(=O)c2ccc(CO)cc2)C1. The molecule has 0 amide bonds. The first-order chi connectivity index (χ1) is 9.36. The van der Waals surface area contributed by atoms with Gasteiger partial charge in [0.2, 0.25) is 10.0 Å². The van der Waals surface area contributed by atoms with Crippen LogP contribution in [0, 0.1) is 11.8 Å². The number of hydrogen-bond acceptors (Lipinski definition) is 3. The molecule has 3 atom stereocenters. The van der Waals surface area contributed by atoms with Gasteiger partial charge in [-0.05, 0) is 42.9 Å². The van der Waals surface area contributed by atoms with Gasteiger partial charge in [0.05, 0.1) is 11.5 Å². The second-order valence-electron chi connectivity index (χ2n) is 5.94. The van der Waals surface area contributed by atoms with Gasteiger partial charge < -0.3 is 5.11 Å². The Morgan fingerprint density at radius 1 is 1.20 bits per heavy atom. The van der Waals surface area contributed by atoms with Crippen molar-refractivity contribution in [3.05, 3.63) is 29.8 Å². The zero-order valence-electron chi connectivity index (χ0n) is 12.3. The van der Waals surface area contributed by atoms with Crippen LogP contribution in [0.4, 0.5) is 0 Å². The molecule has 0 radical (unpaired) electrons. The van der Waals surface area contributed by atoms with Crippen molar-refractivity contribution in [1.29, 1.82) is 0 Å². The van der Waals surface area contributed by atoms with Crippen LogP contribution in [-0.2, 0) is 16.6 Å². The maximum Gasteiger partial charge on any atom is 0.243 e. The molecule has 0 aromatic heterocycles. The first-order valence-electron chi connectivity index (χ1n) is 7.08. The average molecular weight is 297 g/mol. The molecule has 1 fully saturated rings. The molecule has 20 heavy (non-hydrogen) atoms. The summed E-state index contributed by atoms with van der Waals surface area (Å²) in [6.45, 7) is 6.69. The Kier molecular flexibility index (Phi) is 4.52. The molecular weight excluding hydrogens is 274 g/mol. The van der Waals surface area contributed by atoms with Crippen LogP contribution in [-0.4, -0.2) is 30.4 Å². The van der Waals surface area contributed by atoms with Gasteiger partial charge in [0.25, 0.3) is 0 Å². The summed E-state index contributed by atoms with van der Waals surface area (Å²) in [5, 5.41) is 9.03. The Hall–Kier alpha value is -0.910. The maximum absolute atomic E-state index is 12.8. The van der Waals surface area contributed by atoms with Crippen LogP contribution in [0.5, 0.6) is 0 Å². The lowest BCUT2D eigenvalue weighted by atomic mass is 9.88. The topological polar surface area (TPSA) is 57.6 Å². The Bertz CT molecular complexity index is 553. The number of sulfonamides is 1. The highest BCUT2D eigenvalue weighted by Gasteiger charge is 2.37. The van der Waals surface area contributed by atoms with Crippen molar-refractivity contribution < 1.29 is 13.5 Å². The first kappa shape index (κ1) is 15.5. The van der Waals surface area contributed by atoms with Crippen LogP contribution >= 0.6 is 0 Å². The van der Waals surface area contributed by atoms with Crippen LogP contribution in [0.3, 0.4) is 0 Å². The Labute approximate surface area is 121 Å². The van der Waals surface area contributed by atoms with E-state index in [-0.39, 0.29) is 12.6 Å². The number of aliphatic hydroxyl groups is 1. The maximum atomic E-state index is 12.8. The van der Waals surface area contributed by atoms with Gasteiger partial charge in [-0.1, -0.05) is 26.0 Å². The number of rotatable bonds is 3. The van der Waals surface area contributed by atoms with E-state index in [1.807, 2.05) is 6.92 Å². The van der Waals surface area contributed by atoms with Crippen LogP contribution in [0.1, 0.15) is 32.8 Å². The van der Waals surface area contributed by atoms with E-state index in [0.29, 0.717) is 23.3 Å². The van der Waals surface area contributed by atoms with Gasteiger partial charge in [0.1, 0.15) is 0 Å². The third-order valence-corrected chi connectivity index (χ3v) is 6.22. The van der Waals surface area contributed by atoms with E-state index < -0.39 is 10.0 Å². The number of hydrogen-bond donors (Lipinski definition) is 1. The predicted molar refractivity (Wildman–Crippen MR) is 78.7 cm³/mol. The van der Waals surface area contributed by atoms with E-state index in [9.17, 15) is 8.42 Å². The van der Waals surface area contributed by atoms with Gasteiger partial charge in [-0.15, -0.1) is 0 Å². The van der Waals surface area contributed by atoms with Gasteiger partial charge >= 0.3 is 0 Å². The average Bonchev–Trinajstić information content (AvgIpc) is 2.42. The summed E-state index contributed by atoms with van der Waals surface area (Å²) in [4.78, 5) is 0.308. The summed E-state index contributed by atoms with van der Waals surface area (Å²) in [7, 11) is -3.45. The first-order valence-corrected chi connectivity index (χ1v) is 8.52. The van der Waals surface area contributed by atoms with Crippen LogP contribution in [0.25, 0.3) is 0 Å². The van der Waals surface area contributed by atoms with Crippen molar-refractivity contribution in [2.75, 3.05) is 6.54 Å². The van der Waals surface area contributed by atoms with Crippen LogP contribution in [0.2, 0.25) is 0 Å². The molecule has 1 aliphatic rings. The molecule has 112 valence electrons. The number of benzene rings is 1. The summed E-state index contributed by atoms with van der Waals surface area (Å²) < 4.78 is 27.1. The molecular formula is C15H23NO3S. The van der Waals surface area contributed by atoms with Gasteiger partial charge in [0, 0.05) is 12.6 Å². The van der Waals surface area contributed by atoms with E-state index in [1.165, 1.54) is 0 Å². The molecule has 5 heteroatoms. The predicted octanol–water partition coefficient (Wildman–Crippen LogP) is 2.23. The fraction of sp³-hybridized carbons (Fsp3) is 0.600. The van der Waals surface area contributed by atoms with E-state index in [1.54, 1.807) is 28.6 Å². The second-order valence-corrected chi connectivity index (χ2v) is 7.83. The summed E-state index contributed by atoms with van der Waals surface area (Å²) in [5.74, 6) is 0.748. The van der Waals surface area contributed by atoms with Gasteiger partial charge in [-0.2, -0.15) is 4.31 Å². The lowest BCUT2D eigenvalue weighted by Gasteiger charge is -2.40. The fourth-order valence-corrected chi connectivity index (χ4v) is 4.73. The summed E-state index contributed by atoms with van der Waals surface area (Å²) in [5.41, 5.74) is 0.720. The fourth-order valence-electron chi connectivity index (χ4n) is 2.88. The van der Waals surface area contributed by atoms with Crippen molar-refractivity contribution in [2.45, 2.75) is 44.7 Å². The van der Waals surface area contributed by atoms with Crippen molar-refractivity contribution in [2.24, 2.45) is 11.8 Å². The number of aliphatic hydroxyl groups excluding tert-OH is 1. The summed E-state index contributed by atoms with van der Waals surface area (Å²) >= 11 is 0. The molecule has 1 saturated heterocycles. The van der Waals surface area contributed by atoms with Crippen molar-refractivity contribution in [3.8, 4) is 0 Å². The number of piperidine rings is 1. The second kappa shape index (κ2) is 5.84. The molecule has 0 saturated carbocycles. The molecule has 1 aromatic carbocycles. The minimum Gasteiger partial charge on any atom is -0.392 e. The van der Waals surface area contributed by atoms with Gasteiger partial charge in [-0.25, -0.2) is 8.42 Å². The largest absolute Gasteiger partial charge is 0.392 e. The van der Waals surface area contributed by atoms with E-state index >= 15 is 0 Å². The Balaban J connectivity index is 2.32. The molecule has 4 nitrogen and oxygen atoms in total. The standard InChI is InChI=1S/C15H23NO3S/c1-11-8-12(2)13(3)16(9-11)20(18,19)15-6-4-14(10-17)5-7-15/h4-7,11-13,17H,8-10H2,1-3H3. The van der Waals surface area contributed by atoms with Crippen LogP contribution < -0.4 is 0 Å². The molecule has 1 aromatic rings. The molecule has 1 N–H and O–H groups in total. The molecule has 1 heterocycles. The lowest BCUT2D eigenvalue weighted by Crippen LogP contribution is -2.48. The van der Waals surface area contributed by atoms with E-state index in [0.717, 1.165) is 12.0 Å². The molecule has 2 rings (SSSR count). The number of nitrogens with zero attached hydrogens (tertiary/aromatic N) is 1. The Morgan fingerprint density at radius 2 is 1.80 bits per heavy atom. The third-order valence-electron chi connectivity index (χ3n) is 4.26. The lowest BCUT2D eigenvalue weighted by molar-refractivity contribution is 0.157. The van der Waals surface area contributed by atoms with Crippen molar-refractivity contribution in [3.63, 3.8) is 0 Å². The molecule has 3 unspecified atom stereocenters. The van der Waals surface area contributed by atoms with Crippen molar-refractivity contribution >= 4 is 10.0 Å². The highest BCUT2D eigenvalue weighted by molar-refractivity contribution is 7.89. The van der Waals surface area contributed by atoms with E-state index in [2.05, 4.69) is 13.8 Å². The molecule has 0 bridgehead atoms.